The van der Waals surface area contributed by atoms with Gasteiger partial charge in [0.1, 0.15) is 18.8 Å². The first-order valence-corrected chi connectivity index (χ1v) is 13.1. The van der Waals surface area contributed by atoms with Crippen LogP contribution < -0.4 is 0 Å². The highest BCUT2D eigenvalue weighted by molar-refractivity contribution is 5.94. The van der Waals surface area contributed by atoms with E-state index in [4.69, 9.17) is 14.2 Å². The molecule has 0 bridgehead atoms. The lowest BCUT2D eigenvalue weighted by Crippen LogP contribution is -2.64. The first kappa shape index (κ1) is 26.0. The fourth-order valence-electron chi connectivity index (χ4n) is 5.48. The maximum Gasteiger partial charge on any atom is 0.410 e. The molecule has 0 saturated carbocycles. The summed E-state index contributed by atoms with van der Waals surface area (Å²) in [6.45, 7) is 10.7. The predicted octanol–water partition coefficient (Wildman–Crippen LogP) is 4.28. The van der Waals surface area contributed by atoms with E-state index in [0.717, 1.165) is 22.3 Å². The molecule has 0 aliphatic carbocycles. The molecule has 9 heteroatoms. The average Bonchev–Trinajstić information content (AvgIpc) is 3.27. The SMILES string of the molecule is Cc1c([C@H]2CN3CCN(C(=O)OCc4ccccc4)C[C@H]3CN2C(=O)OC(C)(C)C)ccc2c1COC2=O. The Morgan fingerprint density at radius 3 is 2.50 bits per heavy atom. The van der Waals surface area contributed by atoms with Crippen molar-refractivity contribution in [2.45, 2.75) is 58.6 Å². The van der Waals surface area contributed by atoms with E-state index < -0.39 is 11.7 Å². The average molecular weight is 522 g/mol. The Morgan fingerprint density at radius 1 is 1.00 bits per heavy atom. The van der Waals surface area contributed by atoms with Gasteiger partial charge in [-0.2, -0.15) is 0 Å². The Bertz CT molecular complexity index is 1220. The quantitative estimate of drug-likeness (QED) is 0.440. The van der Waals surface area contributed by atoms with Crippen molar-refractivity contribution < 1.29 is 28.6 Å². The second-order valence-electron chi connectivity index (χ2n) is 11.2. The molecule has 0 aromatic heterocycles. The van der Waals surface area contributed by atoms with Crippen LogP contribution in [-0.2, 0) is 27.4 Å². The number of hydrogen-bond donors (Lipinski definition) is 0. The van der Waals surface area contributed by atoms with Gasteiger partial charge in [0.15, 0.2) is 0 Å². The standard InChI is InChI=1S/C29H35N3O6/c1-19-22(10-11-23-24(19)18-36-26(23)33)25-16-30-12-13-31(27(34)37-17-20-8-6-5-7-9-20)14-21(30)15-32(25)28(35)38-29(2,3)4/h5-11,21,25H,12-18H2,1-4H3/t21-,25+/m0/s1. The third-order valence-electron chi connectivity index (χ3n) is 7.45. The lowest BCUT2D eigenvalue weighted by Gasteiger charge is -2.50. The van der Waals surface area contributed by atoms with Crippen molar-refractivity contribution in [2.75, 3.05) is 32.7 Å². The zero-order valence-electron chi connectivity index (χ0n) is 22.4. The maximum atomic E-state index is 13.4. The fraction of sp³-hybridized carbons (Fsp3) is 0.483. The molecule has 2 atom stereocenters. The first-order chi connectivity index (χ1) is 18.1. The molecule has 38 heavy (non-hydrogen) atoms. The molecular formula is C29H35N3O6. The molecular weight excluding hydrogens is 486 g/mol. The number of hydrogen-bond acceptors (Lipinski definition) is 7. The number of rotatable bonds is 3. The molecule has 2 aromatic rings. The topological polar surface area (TPSA) is 88.6 Å². The van der Waals surface area contributed by atoms with Gasteiger partial charge >= 0.3 is 18.2 Å². The molecule has 9 nitrogen and oxygen atoms in total. The molecule has 5 rings (SSSR count). The van der Waals surface area contributed by atoms with Gasteiger partial charge in [0.2, 0.25) is 0 Å². The van der Waals surface area contributed by atoms with Crippen LogP contribution in [0.2, 0.25) is 0 Å². The van der Waals surface area contributed by atoms with Gasteiger partial charge in [0, 0.05) is 44.3 Å². The predicted molar refractivity (Wildman–Crippen MR) is 140 cm³/mol. The minimum atomic E-state index is -0.647. The van der Waals surface area contributed by atoms with E-state index in [9.17, 15) is 14.4 Å². The lowest BCUT2D eigenvalue weighted by molar-refractivity contribution is -0.0364. The van der Waals surface area contributed by atoms with Crippen LogP contribution in [0.25, 0.3) is 0 Å². The summed E-state index contributed by atoms with van der Waals surface area (Å²) in [6.07, 6.45) is -0.739. The van der Waals surface area contributed by atoms with Crippen molar-refractivity contribution in [3.63, 3.8) is 0 Å². The van der Waals surface area contributed by atoms with Gasteiger partial charge in [0.25, 0.3) is 0 Å². The summed E-state index contributed by atoms with van der Waals surface area (Å²) in [4.78, 5) is 44.2. The summed E-state index contributed by atoms with van der Waals surface area (Å²) in [5.74, 6) is -0.308. The summed E-state index contributed by atoms with van der Waals surface area (Å²) in [7, 11) is 0. The summed E-state index contributed by atoms with van der Waals surface area (Å²) < 4.78 is 16.6. The molecule has 2 fully saturated rings. The van der Waals surface area contributed by atoms with Crippen LogP contribution in [-0.4, -0.2) is 77.2 Å². The highest BCUT2D eigenvalue weighted by atomic mass is 16.6. The van der Waals surface area contributed by atoms with E-state index in [-0.39, 0.29) is 37.4 Å². The Balaban J connectivity index is 1.34. The summed E-state index contributed by atoms with van der Waals surface area (Å²) >= 11 is 0. The van der Waals surface area contributed by atoms with Gasteiger partial charge in [-0.05, 0) is 50.5 Å². The first-order valence-electron chi connectivity index (χ1n) is 13.1. The highest BCUT2D eigenvalue weighted by Gasteiger charge is 2.43. The molecule has 202 valence electrons. The molecule has 2 amide bonds. The van der Waals surface area contributed by atoms with Crippen LogP contribution >= 0.6 is 0 Å². The van der Waals surface area contributed by atoms with E-state index in [1.54, 1.807) is 15.9 Å². The molecule has 0 unspecified atom stereocenters. The molecule has 0 spiro atoms. The Labute approximate surface area is 223 Å². The molecule has 2 aromatic carbocycles. The van der Waals surface area contributed by atoms with Gasteiger partial charge in [-0.1, -0.05) is 36.4 Å². The highest BCUT2D eigenvalue weighted by Crippen LogP contribution is 2.36. The van der Waals surface area contributed by atoms with Gasteiger partial charge in [0.05, 0.1) is 11.6 Å². The maximum absolute atomic E-state index is 13.4. The van der Waals surface area contributed by atoms with Crippen molar-refractivity contribution in [1.82, 2.24) is 14.7 Å². The number of fused-ring (bicyclic) bond motifs is 2. The van der Waals surface area contributed by atoms with Crippen molar-refractivity contribution in [3.05, 3.63) is 70.3 Å². The summed E-state index contributed by atoms with van der Waals surface area (Å²) in [5.41, 5.74) is 3.71. The minimum Gasteiger partial charge on any atom is -0.457 e. The van der Waals surface area contributed by atoms with E-state index in [2.05, 4.69) is 4.90 Å². The van der Waals surface area contributed by atoms with Crippen LogP contribution in [0.4, 0.5) is 9.59 Å². The zero-order valence-corrected chi connectivity index (χ0v) is 22.4. The molecule has 3 aliphatic rings. The van der Waals surface area contributed by atoms with Crippen LogP contribution in [0.15, 0.2) is 42.5 Å². The van der Waals surface area contributed by atoms with E-state index >= 15 is 0 Å². The van der Waals surface area contributed by atoms with E-state index in [0.29, 0.717) is 38.3 Å². The molecule has 3 aliphatic heterocycles. The molecule has 2 saturated heterocycles. The Kier molecular flexibility index (Phi) is 7.05. The Morgan fingerprint density at radius 2 is 1.76 bits per heavy atom. The van der Waals surface area contributed by atoms with Crippen molar-refractivity contribution in [2.24, 2.45) is 0 Å². The number of ether oxygens (including phenoxy) is 3. The third kappa shape index (κ3) is 5.34. The van der Waals surface area contributed by atoms with Gasteiger partial charge < -0.3 is 19.1 Å². The second-order valence-corrected chi connectivity index (χ2v) is 11.2. The number of piperazine rings is 2. The number of carbonyl (C=O) groups is 3. The fourth-order valence-corrected chi connectivity index (χ4v) is 5.48. The van der Waals surface area contributed by atoms with Gasteiger partial charge in [-0.25, -0.2) is 14.4 Å². The monoisotopic (exact) mass is 521 g/mol. The van der Waals surface area contributed by atoms with E-state index in [1.165, 1.54) is 0 Å². The lowest BCUT2D eigenvalue weighted by atomic mass is 9.91. The molecule has 0 radical (unpaired) electrons. The Hall–Kier alpha value is -3.59. The van der Waals surface area contributed by atoms with Crippen molar-refractivity contribution >= 4 is 18.2 Å². The number of benzene rings is 2. The normalized spacial score (nSPS) is 21.4. The number of nitrogens with zero attached hydrogens (tertiary/aromatic N) is 3. The summed E-state index contributed by atoms with van der Waals surface area (Å²) in [6, 6.07) is 13.0. The van der Waals surface area contributed by atoms with Crippen LogP contribution in [0.5, 0.6) is 0 Å². The third-order valence-corrected chi connectivity index (χ3v) is 7.45. The number of esters is 1. The van der Waals surface area contributed by atoms with Crippen LogP contribution in [0.1, 0.15) is 59.4 Å². The van der Waals surface area contributed by atoms with Gasteiger partial charge in [-0.3, -0.25) is 9.80 Å². The van der Waals surface area contributed by atoms with Crippen LogP contribution in [0.3, 0.4) is 0 Å². The number of cyclic esters (lactones) is 1. The molecule has 3 heterocycles. The van der Waals surface area contributed by atoms with Gasteiger partial charge in [-0.15, -0.1) is 0 Å². The minimum absolute atomic E-state index is 0.0450. The zero-order chi connectivity index (χ0) is 27.0. The molecule has 0 N–H and O–H groups in total. The van der Waals surface area contributed by atoms with Crippen molar-refractivity contribution in [1.29, 1.82) is 0 Å². The summed E-state index contributed by atoms with van der Waals surface area (Å²) in [5, 5.41) is 0. The largest absolute Gasteiger partial charge is 0.457 e. The van der Waals surface area contributed by atoms with Crippen LogP contribution in [0, 0.1) is 6.92 Å². The smallest absolute Gasteiger partial charge is 0.410 e. The number of amides is 2. The van der Waals surface area contributed by atoms with E-state index in [1.807, 2.05) is 64.1 Å². The van der Waals surface area contributed by atoms with Crippen molar-refractivity contribution in [3.8, 4) is 0 Å². The second kappa shape index (κ2) is 10.3. The number of carbonyl (C=O) groups excluding carboxylic acids is 3.